The van der Waals surface area contributed by atoms with Crippen LogP contribution in [0.1, 0.15) is 31.6 Å². The molecule has 0 bridgehead atoms. The molecule has 7 nitrogen and oxygen atoms in total. The Morgan fingerprint density at radius 2 is 1.81 bits per heavy atom. The zero-order valence-corrected chi connectivity index (χ0v) is 15.8. The number of para-hydroxylation sites is 2. The lowest BCUT2D eigenvalue weighted by molar-refractivity contribution is -0.896. The van der Waals surface area contributed by atoms with Gasteiger partial charge in [0, 0.05) is 25.9 Å². The van der Waals surface area contributed by atoms with E-state index < -0.39 is 0 Å². The summed E-state index contributed by atoms with van der Waals surface area (Å²) in [5.74, 6) is 1.43. The Bertz CT molecular complexity index is 784. The van der Waals surface area contributed by atoms with Gasteiger partial charge < -0.3 is 19.1 Å². The second-order valence-corrected chi connectivity index (χ2v) is 7.61. The normalized spacial score (nSPS) is 19.6. The molecule has 7 heteroatoms. The third-order valence-corrected chi connectivity index (χ3v) is 5.82. The molecular weight excluding hydrogens is 344 g/mol. The van der Waals surface area contributed by atoms with Crippen LogP contribution in [0.3, 0.4) is 0 Å². The molecule has 27 heavy (non-hydrogen) atoms. The van der Waals surface area contributed by atoms with Gasteiger partial charge in [-0.2, -0.15) is 0 Å². The van der Waals surface area contributed by atoms with E-state index >= 15 is 0 Å². The van der Waals surface area contributed by atoms with Crippen LogP contribution in [0.2, 0.25) is 0 Å². The van der Waals surface area contributed by atoms with Gasteiger partial charge in [0.25, 0.3) is 5.91 Å². The first-order chi connectivity index (χ1) is 13.1. The predicted molar refractivity (Wildman–Crippen MR) is 100 cm³/mol. The fraction of sp³-hybridized carbons (Fsp3) is 0.550. The molecular formula is C20H27N4O3+. The Morgan fingerprint density at radius 1 is 1.11 bits per heavy atom. The highest BCUT2D eigenvalue weighted by Gasteiger charge is 2.30. The number of rotatable bonds is 3. The Morgan fingerprint density at radius 3 is 2.48 bits per heavy atom. The molecule has 2 saturated heterocycles. The van der Waals surface area contributed by atoms with Gasteiger partial charge in [-0.1, -0.05) is 12.1 Å². The summed E-state index contributed by atoms with van der Waals surface area (Å²) >= 11 is 0. The number of carbonyl (C=O) groups excluding carboxylic acids is 2. The van der Waals surface area contributed by atoms with Crippen molar-refractivity contribution in [3.8, 4) is 0 Å². The zero-order chi connectivity index (χ0) is 18.8. The summed E-state index contributed by atoms with van der Waals surface area (Å²) in [4.78, 5) is 33.8. The van der Waals surface area contributed by atoms with Crippen molar-refractivity contribution in [3.63, 3.8) is 0 Å². The number of fused-ring (bicyclic) bond motifs is 1. The number of carbonyl (C=O) groups is 2. The molecule has 2 fully saturated rings. The van der Waals surface area contributed by atoms with Crippen LogP contribution in [-0.2, 0) is 9.59 Å². The van der Waals surface area contributed by atoms with Gasteiger partial charge in [0.15, 0.2) is 18.0 Å². The molecule has 2 aliphatic heterocycles. The van der Waals surface area contributed by atoms with Crippen molar-refractivity contribution in [2.45, 2.75) is 25.7 Å². The Balaban J connectivity index is 1.27. The van der Waals surface area contributed by atoms with Crippen molar-refractivity contribution in [2.24, 2.45) is 0 Å². The Kier molecular flexibility index (Phi) is 5.11. The second kappa shape index (κ2) is 7.68. The molecule has 1 N–H and O–H groups in total. The lowest BCUT2D eigenvalue weighted by atomic mass is 9.96. The summed E-state index contributed by atoms with van der Waals surface area (Å²) in [7, 11) is 0. The van der Waals surface area contributed by atoms with Crippen molar-refractivity contribution in [3.05, 3.63) is 30.2 Å². The fourth-order valence-electron chi connectivity index (χ4n) is 4.08. The van der Waals surface area contributed by atoms with E-state index in [1.165, 1.54) is 4.90 Å². The lowest BCUT2D eigenvalue weighted by Crippen LogP contribution is -3.15. The van der Waals surface area contributed by atoms with Gasteiger partial charge in [-0.3, -0.25) is 9.59 Å². The van der Waals surface area contributed by atoms with E-state index in [4.69, 9.17) is 4.42 Å². The first kappa shape index (κ1) is 18.0. The number of oxazole rings is 1. The SMILES string of the molecule is CC(=O)N1CC[NH+](CC(=O)N2CCC(c3nc4ccccc4o3)CC2)CC1. The average molecular weight is 371 g/mol. The summed E-state index contributed by atoms with van der Waals surface area (Å²) in [6.07, 6.45) is 1.79. The van der Waals surface area contributed by atoms with E-state index in [9.17, 15) is 9.59 Å². The maximum Gasteiger partial charge on any atom is 0.277 e. The summed E-state index contributed by atoms with van der Waals surface area (Å²) in [5.41, 5.74) is 1.73. The molecule has 0 radical (unpaired) electrons. The summed E-state index contributed by atoms with van der Waals surface area (Å²) in [6, 6.07) is 7.83. The lowest BCUT2D eigenvalue weighted by Gasteiger charge is -2.34. The minimum absolute atomic E-state index is 0.127. The van der Waals surface area contributed by atoms with Crippen LogP contribution < -0.4 is 4.90 Å². The van der Waals surface area contributed by atoms with Gasteiger partial charge in [0.1, 0.15) is 5.52 Å². The number of benzene rings is 1. The van der Waals surface area contributed by atoms with Crippen LogP contribution in [0.4, 0.5) is 0 Å². The van der Waals surface area contributed by atoms with Gasteiger partial charge >= 0.3 is 0 Å². The van der Waals surface area contributed by atoms with Crippen molar-refractivity contribution < 1.29 is 18.9 Å². The van der Waals surface area contributed by atoms with Crippen molar-refractivity contribution in [1.29, 1.82) is 0 Å². The van der Waals surface area contributed by atoms with Crippen LogP contribution in [0, 0.1) is 0 Å². The quantitative estimate of drug-likeness (QED) is 0.841. The number of likely N-dealkylation sites (tertiary alicyclic amines) is 1. The summed E-state index contributed by atoms with van der Waals surface area (Å²) in [5, 5.41) is 0. The number of nitrogens with zero attached hydrogens (tertiary/aromatic N) is 3. The molecule has 2 aromatic rings. The van der Waals surface area contributed by atoms with Crippen LogP contribution in [0.5, 0.6) is 0 Å². The molecule has 4 rings (SSSR count). The number of hydrogen-bond donors (Lipinski definition) is 1. The molecule has 0 saturated carbocycles. The minimum atomic E-state index is 0.127. The van der Waals surface area contributed by atoms with Crippen LogP contribution >= 0.6 is 0 Å². The van der Waals surface area contributed by atoms with Crippen LogP contribution in [0.15, 0.2) is 28.7 Å². The molecule has 0 spiro atoms. The number of nitrogens with one attached hydrogen (secondary N) is 1. The molecule has 2 aliphatic rings. The van der Waals surface area contributed by atoms with E-state index in [1.54, 1.807) is 6.92 Å². The van der Waals surface area contributed by atoms with E-state index in [2.05, 4.69) is 4.98 Å². The highest BCUT2D eigenvalue weighted by Crippen LogP contribution is 2.29. The van der Waals surface area contributed by atoms with Gasteiger partial charge in [-0.25, -0.2) is 4.98 Å². The third kappa shape index (κ3) is 3.98. The van der Waals surface area contributed by atoms with Crippen LogP contribution in [-0.4, -0.2) is 72.4 Å². The summed E-state index contributed by atoms with van der Waals surface area (Å²) < 4.78 is 5.90. The van der Waals surface area contributed by atoms with Crippen molar-refractivity contribution in [2.75, 3.05) is 45.8 Å². The smallest absolute Gasteiger partial charge is 0.277 e. The van der Waals surface area contributed by atoms with E-state index in [-0.39, 0.29) is 17.7 Å². The van der Waals surface area contributed by atoms with Crippen molar-refractivity contribution >= 4 is 22.9 Å². The molecule has 0 atom stereocenters. The number of piperazine rings is 1. The van der Waals surface area contributed by atoms with Gasteiger partial charge in [0.05, 0.1) is 26.2 Å². The maximum absolute atomic E-state index is 12.7. The summed E-state index contributed by atoms with van der Waals surface area (Å²) in [6.45, 7) is 6.85. The standard InChI is InChI=1S/C20H26N4O3/c1-15(25)23-12-10-22(11-13-23)14-19(26)24-8-6-16(7-9-24)20-21-17-4-2-3-5-18(17)27-20/h2-5,16H,6-14H2,1H3/p+1. The zero-order valence-electron chi connectivity index (χ0n) is 15.8. The number of aromatic nitrogens is 1. The van der Waals surface area contributed by atoms with Crippen molar-refractivity contribution in [1.82, 2.24) is 14.8 Å². The second-order valence-electron chi connectivity index (χ2n) is 7.61. The van der Waals surface area contributed by atoms with Gasteiger partial charge in [-0.05, 0) is 25.0 Å². The fourth-order valence-corrected chi connectivity index (χ4v) is 4.08. The van der Waals surface area contributed by atoms with E-state index in [0.717, 1.165) is 69.1 Å². The minimum Gasteiger partial charge on any atom is -0.440 e. The number of piperidine rings is 1. The molecule has 0 unspecified atom stereocenters. The topological polar surface area (TPSA) is 71.1 Å². The van der Waals surface area contributed by atoms with Gasteiger partial charge in [-0.15, -0.1) is 0 Å². The molecule has 3 heterocycles. The first-order valence-corrected chi connectivity index (χ1v) is 9.82. The number of quaternary nitrogens is 1. The monoisotopic (exact) mass is 371 g/mol. The molecule has 1 aromatic carbocycles. The molecule has 1 aromatic heterocycles. The number of hydrogen-bond acceptors (Lipinski definition) is 4. The largest absolute Gasteiger partial charge is 0.440 e. The first-order valence-electron chi connectivity index (χ1n) is 9.82. The third-order valence-electron chi connectivity index (χ3n) is 5.82. The molecule has 0 aliphatic carbocycles. The van der Waals surface area contributed by atoms with Crippen LogP contribution in [0.25, 0.3) is 11.1 Å². The van der Waals surface area contributed by atoms with Gasteiger partial charge in [0.2, 0.25) is 5.91 Å². The maximum atomic E-state index is 12.7. The molecule has 144 valence electrons. The van der Waals surface area contributed by atoms with E-state index in [0.29, 0.717) is 6.54 Å². The molecule has 2 amide bonds. The number of amides is 2. The van der Waals surface area contributed by atoms with E-state index in [1.807, 2.05) is 34.1 Å². The Labute approximate surface area is 158 Å². The highest BCUT2D eigenvalue weighted by atomic mass is 16.3. The Hall–Kier alpha value is -2.41. The average Bonchev–Trinajstić information content (AvgIpc) is 3.13. The highest BCUT2D eigenvalue weighted by molar-refractivity contribution is 5.77. The predicted octanol–water partition coefficient (Wildman–Crippen LogP) is 0.281.